The summed E-state index contributed by atoms with van der Waals surface area (Å²) in [6.45, 7) is 0.618. The van der Waals surface area contributed by atoms with Crippen molar-refractivity contribution >= 4 is 34.2 Å². The van der Waals surface area contributed by atoms with E-state index in [0.717, 1.165) is 19.3 Å². The normalized spacial score (nSPS) is 24.2. The van der Waals surface area contributed by atoms with Gasteiger partial charge in [0, 0.05) is 25.2 Å². The van der Waals surface area contributed by atoms with Crippen molar-refractivity contribution in [3.8, 4) is 0 Å². The van der Waals surface area contributed by atoms with E-state index in [-0.39, 0.29) is 13.2 Å². The van der Waals surface area contributed by atoms with Gasteiger partial charge in [-0.2, -0.15) is 4.98 Å². The highest BCUT2D eigenvalue weighted by atomic mass is 35.5. The number of nitrogens with one attached hydrogen (secondary N) is 1. The molecule has 4 rings (SSSR count). The summed E-state index contributed by atoms with van der Waals surface area (Å²) in [6, 6.07) is 0. The molecular weight excluding hydrogens is 431 g/mol. The first-order chi connectivity index (χ1) is 14.4. The molecule has 2 N–H and O–H groups in total. The second kappa shape index (κ2) is 8.68. The van der Waals surface area contributed by atoms with Crippen molar-refractivity contribution in [1.29, 1.82) is 0 Å². The largest absolute Gasteiger partial charge is 0.394 e. The highest BCUT2D eigenvalue weighted by Gasteiger charge is 2.38. The van der Waals surface area contributed by atoms with Crippen LogP contribution in [0.15, 0.2) is 23.5 Å². The van der Waals surface area contributed by atoms with Crippen LogP contribution in [0.1, 0.15) is 37.4 Å². The molecule has 30 heavy (non-hydrogen) atoms. The number of aliphatic hydroxyl groups is 1. The Morgan fingerprint density at radius 2 is 2.07 bits per heavy atom. The maximum absolute atomic E-state index is 15.0. The molecule has 8 nitrogen and oxygen atoms in total. The second-order valence-electron chi connectivity index (χ2n) is 7.87. The lowest BCUT2D eigenvalue weighted by Gasteiger charge is -2.42. The lowest BCUT2D eigenvalue weighted by Crippen LogP contribution is -2.49. The SMILES string of the molecule is C[S@](=O)c1cnc(N2CCC(c3ncc(Cl)cn3)C(F)C2)nc1NC1(CO)CCC1. The minimum absolute atomic E-state index is 0.0266. The van der Waals surface area contributed by atoms with E-state index in [1.165, 1.54) is 18.6 Å². The Labute approximate surface area is 181 Å². The zero-order valence-electron chi connectivity index (χ0n) is 16.6. The molecule has 3 heterocycles. The summed E-state index contributed by atoms with van der Waals surface area (Å²) in [4.78, 5) is 19.5. The highest BCUT2D eigenvalue weighted by molar-refractivity contribution is 7.84. The Morgan fingerprint density at radius 3 is 2.63 bits per heavy atom. The molecule has 1 saturated carbocycles. The molecule has 0 spiro atoms. The first-order valence-electron chi connectivity index (χ1n) is 9.87. The molecule has 2 aromatic rings. The van der Waals surface area contributed by atoms with Crippen LogP contribution >= 0.6 is 11.6 Å². The van der Waals surface area contributed by atoms with E-state index < -0.39 is 28.4 Å². The zero-order valence-corrected chi connectivity index (χ0v) is 18.2. The lowest BCUT2D eigenvalue weighted by atomic mass is 9.77. The molecule has 1 aliphatic heterocycles. The van der Waals surface area contributed by atoms with Crippen LogP contribution in [0, 0.1) is 0 Å². The summed E-state index contributed by atoms with van der Waals surface area (Å²) in [5, 5.41) is 13.5. The van der Waals surface area contributed by atoms with Crippen LogP contribution in [0.3, 0.4) is 0 Å². The third kappa shape index (κ3) is 4.26. The van der Waals surface area contributed by atoms with E-state index in [2.05, 4.69) is 25.3 Å². The third-order valence-electron chi connectivity index (χ3n) is 5.85. The standard InChI is InChI=1S/C19H24ClFN6O2S/c1-30(29)15-9-24-18(25-17(15)26-19(11-28)4-2-5-19)27-6-3-13(14(21)10-27)16-22-7-12(20)8-23-16/h7-9,13-14,28H,2-6,10-11H2,1H3,(H,24,25,26)/t13?,14?,30-/m0/s1. The van der Waals surface area contributed by atoms with Gasteiger partial charge in [0.25, 0.3) is 0 Å². The number of alkyl halides is 1. The van der Waals surface area contributed by atoms with Crippen LogP contribution in [0.4, 0.5) is 16.2 Å². The predicted octanol–water partition coefficient (Wildman–Crippen LogP) is 2.32. The zero-order chi connectivity index (χ0) is 21.3. The van der Waals surface area contributed by atoms with Crippen molar-refractivity contribution in [1.82, 2.24) is 19.9 Å². The summed E-state index contributed by atoms with van der Waals surface area (Å²) in [7, 11) is -1.30. The molecule has 0 amide bonds. The van der Waals surface area contributed by atoms with E-state index in [1.807, 2.05) is 0 Å². The maximum Gasteiger partial charge on any atom is 0.227 e. The molecule has 11 heteroatoms. The highest BCUT2D eigenvalue weighted by Crippen LogP contribution is 2.36. The summed E-state index contributed by atoms with van der Waals surface area (Å²) in [5.74, 6) is 0.845. The minimum atomic E-state index is -1.30. The first kappa shape index (κ1) is 21.3. The number of piperidine rings is 1. The fourth-order valence-corrected chi connectivity index (χ4v) is 4.55. The first-order valence-corrected chi connectivity index (χ1v) is 11.8. The van der Waals surface area contributed by atoms with Crippen molar-refractivity contribution in [2.24, 2.45) is 0 Å². The number of nitrogens with zero attached hydrogens (tertiary/aromatic N) is 5. The smallest absolute Gasteiger partial charge is 0.227 e. The van der Waals surface area contributed by atoms with Crippen LogP contribution in [-0.2, 0) is 10.8 Å². The second-order valence-corrected chi connectivity index (χ2v) is 9.66. The molecule has 1 saturated heterocycles. The fraction of sp³-hybridized carbons (Fsp3) is 0.579. The Hall–Kier alpha value is -1.91. The number of rotatable bonds is 6. The number of anilines is 2. The summed E-state index contributed by atoms with van der Waals surface area (Å²) < 4.78 is 27.1. The molecule has 2 unspecified atom stereocenters. The molecular formula is C19H24ClFN6O2S. The van der Waals surface area contributed by atoms with Gasteiger partial charge in [0.1, 0.15) is 17.8 Å². The van der Waals surface area contributed by atoms with E-state index >= 15 is 0 Å². The van der Waals surface area contributed by atoms with Gasteiger partial charge in [0.15, 0.2) is 0 Å². The van der Waals surface area contributed by atoms with Gasteiger partial charge in [-0.15, -0.1) is 0 Å². The molecule has 2 fully saturated rings. The van der Waals surface area contributed by atoms with Gasteiger partial charge in [-0.1, -0.05) is 11.6 Å². The van der Waals surface area contributed by atoms with Crippen molar-refractivity contribution in [3.05, 3.63) is 29.4 Å². The van der Waals surface area contributed by atoms with E-state index in [0.29, 0.717) is 40.5 Å². The van der Waals surface area contributed by atoms with Gasteiger partial charge in [-0.25, -0.2) is 19.3 Å². The number of hydrogen-bond donors (Lipinski definition) is 2. The Balaban J connectivity index is 1.53. The monoisotopic (exact) mass is 454 g/mol. The van der Waals surface area contributed by atoms with Crippen LogP contribution in [-0.4, -0.2) is 66.9 Å². The number of aliphatic hydroxyl groups excluding tert-OH is 1. The van der Waals surface area contributed by atoms with Crippen LogP contribution in [0.5, 0.6) is 0 Å². The van der Waals surface area contributed by atoms with E-state index in [9.17, 15) is 13.7 Å². The molecule has 0 radical (unpaired) electrons. The lowest BCUT2D eigenvalue weighted by molar-refractivity contribution is 0.143. The fourth-order valence-electron chi connectivity index (χ4n) is 3.88. The number of aromatic nitrogens is 4. The average Bonchev–Trinajstić information content (AvgIpc) is 2.71. The average molecular weight is 455 g/mol. The van der Waals surface area contributed by atoms with Gasteiger partial charge in [0.2, 0.25) is 5.95 Å². The number of hydrogen-bond acceptors (Lipinski definition) is 8. The third-order valence-corrected chi connectivity index (χ3v) is 6.96. The van der Waals surface area contributed by atoms with Crippen LogP contribution in [0.25, 0.3) is 0 Å². The van der Waals surface area contributed by atoms with Crippen molar-refractivity contribution < 1.29 is 13.7 Å². The van der Waals surface area contributed by atoms with Crippen molar-refractivity contribution in [2.75, 3.05) is 36.2 Å². The summed E-state index contributed by atoms with van der Waals surface area (Å²) in [5.41, 5.74) is -0.443. The molecule has 0 bridgehead atoms. The van der Waals surface area contributed by atoms with E-state index in [1.54, 1.807) is 11.2 Å². The molecule has 2 aromatic heterocycles. The topological polar surface area (TPSA) is 104 Å². The summed E-state index contributed by atoms with van der Waals surface area (Å²) in [6.07, 6.45) is 8.01. The molecule has 0 aromatic carbocycles. The predicted molar refractivity (Wildman–Crippen MR) is 113 cm³/mol. The quantitative estimate of drug-likeness (QED) is 0.685. The molecule has 162 valence electrons. The van der Waals surface area contributed by atoms with Crippen LogP contribution in [0.2, 0.25) is 5.02 Å². The van der Waals surface area contributed by atoms with Crippen molar-refractivity contribution in [2.45, 2.75) is 48.2 Å². The summed E-state index contributed by atoms with van der Waals surface area (Å²) >= 11 is 5.82. The van der Waals surface area contributed by atoms with Crippen LogP contribution < -0.4 is 10.2 Å². The van der Waals surface area contributed by atoms with Gasteiger partial charge in [-0.05, 0) is 25.7 Å². The van der Waals surface area contributed by atoms with Crippen molar-refractivity contribution in [3.63, 3.8) is 0 Å². The Morgan fingerprint density at radius 1 is 1.33 bits per heavy atom. The Bertz CT molecular complexity index is 924. The molecule has 2 aliphatic rings. The number of halogens is 2. The van der Waals surface area contributed by atoms with Gasteiger partial charge < -0.3 is 15.3 Å². The van der Waals surface area contributed by atoms with E-state index in [4.69, 9.17) is 11.6 Å². The van der Waals surface area contributed by atoms with Gasteiger partial charge >= 0.3 is 0 Å². The Kier molecular flexibility index (Phi) is 6.17. The minimum Gasteiger partial charge on any atom is -0.394 e. The van der Waals surface area contributed by atoms with Gasteiger partial charge in [-0.3, -0.25) is 4.21 Å². The molecule has 1 aliphatic carbocycles. The maximum atomic E-state index is 15.0. The van der Waals surface area contributed by atoms with Gasteiger partial charge in [0.05, 0.1) is 51.5 Å². The molecule has 3 atom stereocenters.